The molecule has 1 amide bonds. The van der Waals surface area contributed by atoms with Crippen molar-refractivity contribution in [2.45, 2.75) is 52.2 Å². The number of halogens is 1. The molecular formula is C22H28FN5O2. The number of carbonyl (C=O) groups excluding carboxylic acids is 1. The number of H-pyrrole nitrogens is 1. The zero-order chi connectivity index (χ0) is 21.5. The van der Waals surface area contributed by atoms with Crippen molar-refractivity contribution < 1.29 is 13.9 Å². The number of aromatic nitrogens is 3. The number of hydrogen-bond acceptors (Lipinski definition) is 5. The number of carbonyl (C=O) groups is 1. The molecule has 1 aliphatic heterocycles. The van der Waals surface area contributed by atoms with E-state index in [-0.39, 0.29) is 18.0 Å². The third-order valence-corrected chi connectivity index (χ3v) is 5.50. The van der Waals surface area contributed by atoms with Crippen LogP contribution in [0.3, 0.4) is 0 Å². The van der Waals surface area contributed by atoms with Crippen LogP contribution in [0.2, 0.25) is 0 Å². The van der Waals surface area contributed by atoms with E-state index in [1.807, 2.05) is 32.6 Å². The number of anilines is 1. The second-order valence-corrected chi connectivity index (χ2v) is 8.72. The average molecular weight is 413 g/mol. The zero-order valence-electron chi connectivity index (χ0n) is 17.9. The van der Waals surface area contributed by atoms with Crippen LogP contribution in [0.15, 0.2) is 24.5 Å². The Balaban J connectivity index is 1.55. The Bertz CT molecular complexity index is 1070. The van der Waals surface area contributed by atoms with Crippen LogP contribution in [0.1, 0.15) is 40.5 Å². The molecule has 3 aromatic rings. The van der Waals surface area contributed by atoms with Gasteiger partial charge >= 0.3 is 6.09 Å². The average Bonchev–Trinajstić information content (AvgIpc) is 3.05. The summed E-state index contributed by atoms with van der Waals surface area (Å²) in [6, 6.07) is 4.84. The number of ether oxygens (including phenoxy) is 1. The van der Waals surface area contributed by atoms with E-state index in [9.17, 15) is 9.18 Å². The molecule has 8 heteroatoms. The minimum absolute atomic E-state index is 0.135. The van der Waals surface area contributed by atoms with Gasteiger partial charge in [0.2, 0.25) is 0 Å². The van der Waals surface area contributed by atoms with Crippen molar-refractivity contribution in [3.8, 4) is 0 Å². The fraction of sp³-hybridized carbons (Fsp3) is 0.500. The highest BCUT2D eigenvalue weighted by Crippen LogP contribution is 2.33. The molecule has 0 radical (unpaired) electrons. The topological polar surface area (TPSA) is 74.3 Å². The van der Waals surface area contributed by atoms with Crippen molar-refractivity contribution in [3.05, 3.63) is 30.3 Å². The monoisotopic (exact) mass is 413 g/mol. The van der Waals surface area contributed by atoms with Gasteiger partial charge in [0.25, 0.3) is 0 Å². The van der Waals surface area contributed by atoms with Crippen molar-refractivity contribution in [2.24, 2.45) is 0 Å². The summed E-state index contributed by atoms with van der Waals surface area (Å²) in [5.74, 6) is 0.558. The minimum atomic E-state index is -0.507. The van der Waals surface area contributed by atoms with Crippen LogP contribution < -0.4 is 4.90 Å². The summed E-state index contributed by atoms with van der Waals surface area (Å²) in [4.78, 5) is 28.7. The number of nitrogens with one attached hydrogen (secondary N) is 1. The Morgan fingerprint density at radius 2 is 2.03 bits per heavy atom. The standard InChI is InChI=1S/C22H28FN5O2/c1-5-28(21(29)30-22(2,3)4)15-8-10-27(11-9-15)20-18-16-7-6-14(23)12-17(16)26-19(18)24-13-25-20/h6-7,12-13,15H,5,8-11H2,1-4H3,(H,24,25,26). The number of benzene rings is 1. The molecule has 1 saturated heterocycles. The Kier molecular flexibility index (Phi) is 5.26. The van der Waals surface area contributed by atoms with Crippen LogP contribution in [0.25, 0.3) is 21.9 Å². The quantitative estimate of drug-likeness (QED) is 0.685. The lowest BCUT2D eigenvalue weighted by molar-refractivity contribution is 0.0149. The van der Waals surface area contributed by atoms with Crippen LogP contribution in [-0.4, -0.2) is 57.2 Å². The maximum Gasteiger partial charge on any atom is 0.410 e. The largest absolute Gasteiger partial charge is 0.444 e. The van der Waals surface area contributed by atoms with E-state index in [4.69, 9.17) is 4.74 Å². The highest BCUT2D eigenvalue weighted by atomic mass is 19.1. The van der Waals surface area contributed by atoms with E-state index in [0.29, 0.717) is 17.7 Å². The number of rotatable bonds is 3. The number of piperidine rings is 1. The molecule has 0 bridgehead atoms. The van der Waals surface area contributed by atoms with Gasteiger partial charge in [0.1, 0.15) is 29.2 Å². The number of amides is 1. The fourth-order valence-corrected chi connectivity index (χ4v) is 4.17. The van der Waals surface area contributed by atoms with Crippen LogP contribution >= 0.6 is 0 Å². The van der Waals surface area contributed by atoms with Crippen LogP contribution in [0.5, 0.6) is 0 Å². The molecule has 30 heavy (non-hydrogen) atoms. The maximum atomic E-state index is 13.6. The summed E-state index contributed by atoms with van der Waals surface area (Å²) in [5.41, 5.74) is 0.905. The number of nitrogens with zero attached hydrogens (tertiary/aromatic N) is 4. The van der Waals surface area contributed by atoms with E-state index in [2.05, 4.69) is 19.9 Å². The first-order valence-corrected chi connectivity index (χ1v) is 10.4. The van der Waals surface area contributed by atoms with Gasteiger partial charge in [-0.15, -0.1) is 0 Å². The first-order valence-electron chi connectivity index (χ1n) is 10.4. The zero-order valence-corrected chi connectivity index (χ0v) is 17.9. The van der Waals surface area contributed by atoms with Gasteiger partial charge in [-0.3, -0.25) is 0 Å². The SMILES string of the molecule is CCN(C(=O)OC(C)(C)C)C1CCN(c2ncnc3[nH]c4cc(F)ccc4c23)CC1. The molecule has 4 rings (SSSR count). The minimum Gasteiger partial charge on any atom is -0.444 e. The molecular weight excluding hydrogens is 385 g/mol. The van der Waals surface area contributed by atoms with Crippen molar-refractivity contribution in [1.29, 1.82) is 0 Å². The smallest absolute Gasteiger partial charge is 0.410 e. The molecule has 7 nitrogen and oxygen atoms in total. The molecule has 0 atom stereocenters. The molecule has 160 valence electrons. The summed E-state index contributed by atoms with van der Waals surface area (Å²) in [7, 11) is 0. The number of fused-ring (bicyclic) bond motifs is 3. The number of aromatic amines is 1. The Labute approximate surface area is 175 Å². The van der Waals surface area contributed by atoms with Gasteiger partial charge in [-0.05, 0) is 58.7 Å². The van der Waals surface area contributed by atoms with Gasteiger partial charge in [0.05, 0.1) is 10.9 Å². The van der Waals surface area contributed by atoms with E-state index >= 15 is 0 Å². The summed E-state index contributed by atoms with van der Waals surface area (Å²) in [6.07, 6.45) is 2.94. The third-order valence-electron chi connectivity index (χ3n) is 5.50. The first kappa shape index (κ1) is 20.4. The van der Waals surface area contributed by atoms with Crippen LogP contribution in [0.4, 0.5) is 15.0 Å². The third kappa shape index (κ3) is 3.91. The van der Waals surface area contributed by atoms with E-state index in [1.54, 1.807) is 6.07 Å². The lowest BCUT2D eigenvalue weighted by Gasteiger charge is -2.39. The van der Waals surface area contributed by atoms with Gasteiger partial charge in [-0.1, -0.05) is 0 Å². The molecule has 0 unspecified atom stereocenters. The van der Waals surface area contributed by atoms with Crippen molar-refractivity contribution in [3.63, 3.8) is 0 Å². The highest BCUT2D eigenvalue weighted by molar-refractivity contribution is 6.11. The fourth-order valence-electron chi connectivity index (χ4n) is 4.17. The molecule has 1 N–H and O–H groups in total. The second kappa shape index (κ2) is 7.74. The lowest BCUT2D eigenvalue weighted by Crippen LogP contribution is -2.49. The first-order chi connectivity index (χ1) is 14.3. The Morgan fingerprint density at radius 3 is 2.70 bits per heavy atom. The van der Waals surface area contributed by atoms with Gasteiger partial charge in [0, 0.05) is 31.1 Å². The predicted molar refractivity (Wildman–Crippen MR) is 115 cm³/mol. The van der Waals surface area contributed by atoms with Gasteiger partial charge in [-0.2, -0.15) is 0 Å². The number of hydrogen-bond donors (Lipinski definition) is 1. The molecule has 1 fully saturated rings. The molecule has 0 aliphatic carbocycles. The molecule has 3 heterocycles. The van der Waals surface area contributed by atoms with Gasteiger partial charge in [-0.25, -0.2) is 19.2 Å². The van der Waals surface area contributed by atoms with E-state index < -0.39 is 5.60 Å². The maximum absolute atomic E-state index is 13.6. The Hall–Kier alpha value is -2.90. The van der Waals surface area contributed by atoms with Crippen LogP contribution in [-0.2, 0) is 4.74 Å². The predicted octanol–water partition coefficient (Wildman–Crippen LogP) is 4.48. The molecule has 1 aromatic carbocycles. The van der Waals surface area contributed by atoms with Crippen molar-refractivity contribution in [1.82, 2.24) is 19.9 Å². The summed E-state index contributed by atoms with van der Waals surface area (Å²) < 4.78 is 19.2. The normalized spacial score (nSPS) is 15.7. The second-order valence-electron chi connectivity index (χ2n) is 8.72. The summed E-state index contributed by atoms with van der Waals surface area (Å²) in [6.45, 7) is 9.78. The van der Waals surface area contributed by atoms with Gasteiger partial charge < -0.3 is 19.5 Å². The molecule has 2 aromatic heterocycles. The lowest BCUT2D eigenvalue weighted by atomic mass is 10.0. The summed E-state index contributed by atoms with van der Waals surface area (Å²) >= 11 is 0. The van der Waals surface area contributed by atoms with Crippen molar-refractivity contribution in [2.75, 3.05) is 24.5 Å². The van der Waals surface area contributed by atoms with E-state index in [0.717, 1.165) is 42.5 Å². The van der Waals surface area contributed by atoms with Crippen molar-refractivity contribution >= 4 is 33.8 Å². The van der Waals surface area contributed by atoms with E-state index in [1.165, 1.54) is 18.5 Å². The van der Waals surface area contributed by atoms with Crippen LogP contribution in [0, 0.1) is 5.82 Å². The molecule has 0 saturated carbocycles. The summed E-state index contributed by atoms with van der Waals surface area (Å²) in [5, 5.41) is 1.82. The molecule has 0 spiro atoms. The van der Waals surface area contributed by atoms with Gasteiger partial charge in [0.15, 0.2) is 0 Å². The Morgan fingerprint density at radius 1 is 1.30 bits per heavy atom. The highest BCUT2D eigenvalue weighted by Gasteiger charge is 2.31. The molecule has 1 aliphatic rings.